The van der Waals surface area contributed by atoms with Crippen molar-refractivity contribution in [2.24, 2.45) is 0 Å². The molecule has 0 fully saturated rings. The van der Waals surface area contributed by atoms with E-state index in [9.17, 15) is 0 Å². The Morgan fingerprint density at radius 3 is 3.00 bits per heavy atom. The van der Waals surface area contributed by atoms with Crippen molar-refractivity contribution in [2.75, 3.05) is 5.32 Å². The maximum Gasteiger partial charge on any atom is 0.140 e. The predicted octanol–water partition coefficient (Wildman–Crippen LogP) is 3.05. The number of anilines is 1. The molecular weight excluding hydrogens is 244 g/mol. The van der Waals surface area contributed by atoms with Gasteiger partial charge in [0.1, 0.15) is 11.6 Å². The maximum atomic E-state index is 5.19. The molecule has 72 valence electrons. The van der Waals surface area contributed by atoms with E-state index in [1.54, 1.807) is 12.5 Å². The summed E-state index contributed by atoms with van der Waals surface area (Å²) in [6.45, 7) is 0.641. The lowest BCUT2D eigenvalue weighted by Crippen LogP contribution is -2.00. The zero-order valence-corrected chi connectivity index (χ0v) is 8.99. The molecule has 2 heterocycles. The van der Waals surface area contributed by atoms with Gasteiger partial charge in [0.05, 0.1) is 17.3 Å². The van der Waals surface area contributed by atoms with Gasteiger partial charge in [-0.05, 0) is 40.2 Å². The van der Waals surface area contributed by atoms with Gasteiger partial charge in [0.15, 0.2) is 0 Å². The average Bonchev–Trinajstić information content (AvgIpc) is 2.69. The van der Waals surface area contributed by atoms with Gasteiger partial charge in [0.25, 0.3) is 0 Å². The molecule has 0 spiro atoms. The van der Waals surface area contributed by atoms with E-state index < -0.39 is 0 Å². The van der Waals surface area contributed by atoms with Gasteiger partial charge >= 0.3 is 0 Å². The molecule has 3 nitrogen and oxygen atoms in total. The van der Waals surface area contributed by atoms with Crippen LogP contribution >= 0.6 is 15.9 Å². The third-order valence-electron chi connectivity index (χ3n) is 1.77. The molecule has 0 radical (unpaired) electrons. The first kappa shape index (κ1) is 9.27. The summed E-state index contributed by atoms with van der Waals surface area (Å²) < 4.78 is 6.14. The number of nitrogens with zero attached hydrogens (tertiary/aromatic N) is 1. The topological polar surface area (TPSA) is 38.1 Å². The fourth-order valence-corrected chi connectivity index (χ4v) is 1.49. The molecule has 4 heteroatoms. The minimum absolute atomic E-state index is 0.641. The molecule has 0 aliphatic heterocycles. The van der Waals surface area contributed by atoms with Gasteiger partial charge in [-0.3, -0.25) is 0 Å². The van der Waals surface area contributed by atoms with E-state index in [0.717, 1.165) is 16.1 Å². The second kappa shape index (κ2) is 4.28. The summed E-state index contributed by atoms with van der Waals surface area (Å²) in [5.41, 5.74) is 0. The van der Waals surface area contributed by atoms with Crippen LogP contribution in [0.5, 0.6) is 0 Å². The largest absolute Gasteiger partial charge is 0.467 e. The van der Waals surface area contributed by atoms with E-state index in [1.165, 1.54) is 0 Å². The summed E-state index contributed by atoms with van der Waals surface area (Å²) in [6, 6.07) is 7.61. The fraction of sp³-hybridized carbons (Fsp3) is 0.100. The molecule has 2 aromatic rings. The zero-order valence-electron chi connectivity index (χ0n) is 7.40. The van der Waals surface area contributed by atoms with Crippen molar-refractivity contribution in [3.05, 3.63) is 47.0 Å². The number of pyridine rings is 1. The van der Waals surface area contributed by atoms with Gasteiger partial charge in [0, 0.05) is 6.20 Å². The summed E-state index contributed by atoms with van der Waals surface area (Å²) in [6.07, 6.45) is 3.40. The Morgan fingerprint density at radius 2 is 2.29 bits per heavy atom. The highest BCUT2D eigenvalue weighted by Crippen LogP contribution is 2.18. The highest BCUT2D eigenvalue weighted by molar-refractivity contribution is 9.10. The number of rotatable bonds is 3. The molecule has 0 aliphatic rings. The van der Waals surface area contributed by atoms with Crippen molar-refractivity contribution in [3.63, 3.8) is 0 Å². The van der Waals surface area contributed by atoms with Crippen molar-refractivity contribution in [2.45, 2.75) is 6.54 Å². The number of hydrogen-bond donors (Lipinski definition) is 1. The van der Waals surface area contributed by atoms with Crippen LogP contribution in [0.25, 0.3) is 0 Å². The van der Waals surface area contributed by atoms with E-state index in [-0.39, 0.29) is 0 Å². The maximum absolute atomic E-state index is 5.19. The third-order valence-corrected chi connectivity index (χ3v) is 2.41. The molecule has 0 bridgehead atoms. The second-order valence-electron chi connectivity index (χ2n) is 2.77. The lowest BCUT2D eigenvalue weighted by atomic mass is 10.4. The van der Waals surface area contributed by atoms with Crippen molar-refractivity contribution >= 4 is 21.7 Å². The molecule has 0 saturated carbocycles. The Labute approximate surface area is 90.3 Å². The molecule has 0 saturated heterocycles. The monoisotopic (exact) mass is 252 g/mol. The summed E-state index contributed by atoms with van der Waals surface area (Å²) >= 11 is 3.40. The minimum Gasteiger partial charge on any atom is -0.467 e. The summed E-state index contributed by atoms with van der Waals surface area (Å²) in [5.74, 6) is 1.71. The van der Waals surface area contributed by atoms with Crippen molar-refractivity contribution in [1.82, 2.24) is 4.98 Å². The van der Waals surface area contributed by atoms with Crippen LogP contribution in [0.3, 0.4) is 0 Å². The Hall–Kier alpha value is -1.29. The van der Waals surface area contributed by atoms with Crippen LogP contribution in [0.1, 0.15) is 5.76 Å². The molecule has 0 aliphatic carbocycles. The highest BCUT2D eigenvalue weighted by Gasteiger charge is 2.00. The number of furan rings is 1. The van der Waals surface area contributed by atoms with Gasteiger partial charge < -0.3 is 9.73 Å². The highest BCUT2D eigenvalue weighted by atomic mass is 79.9. The summed E-state index contributed by atoms with van der Waals surface area (Å²) in [4.78, 5) is 4.18. The number of nitrogens with one attached hydrogen (secondary N) is 1. The third kappa shape index (κ3) is 2.14. The van der Waals surface area contributed by atoms with Gasteiger partial charge in [-0.2, -0.15) is 0 Å². The van der Waals surface area contributed by atoms with Crippen LogP contribution in [0.2, 0.25) is 0 Å². The predicted molar refractivity (Wildman–Crippen MR) is 58.0 cm³/mol. The minimum atomic E-state index is 0.641. The number of halogens is 1. The van der Waals surface area contributed by atoms with E-state index in [0.29, 0.717) is 6.54 Å². The summed E-state index contributed by atoms with van der Waals surface area (Å²) in [5, 5.41) is 3.16. The fourth-order valence-electron chi connectivity index (χ4n) is 1.10. The lowest BCUT2D eigenvalue weighted by molar-refractivity contribution is 0.518. The Balaban J connectivity index is 2.02. The SMILES string of the molecule is Brc1cccnc1NCc1ccco1. The van der Waals surface area contributed by atoms with Crippen molar-refractivity contribution in [1.29, 1.82) is 0 Å². The molecule has 0 atom stereocenters. The average molecular weight is 253 g/mol. The number of aromatic nitrogens is 1. The first-order valence-corrected chi connectivity index (χ1v) is 5.02. The van der Waals surface area contributed by atoms with Crippen LogP contribution in [0.4, 0.5) is 5.82 Å². The molecule has 14 heavy (non-hydrogen) atoms. The lowest BCUT2D eigenvalue weighted by Gasteiger charge is -2.04. The van der Waals surface area contributed by atoms with Crippen LogP contribution in [0.15, 0.2) is 45.6 Å². The molecular formula is C10H9BrN2O. The Morgan fingerprint density at radius 1 is 1.36 bits per heavy atom. The van der Waals surface area contributed by atoms with Gasteiger partial charge in [0.2, 0.25) is 0 Å². The summed E-state index contributed by atoms with van der Waals surface area (Å²) in [7, 11) is 0. The molecule has 2 aromatic heterocycles. The van der Waals surface area contributed by atoms with Crippen LogP contribution in [-0.2, 0) is 6.54 Å². The van der Waals surface area contributed by atoms with E-state index in [2.05, 4.69) is 26.2 Å². The molecule has 1 N–H and O–H groups in total. The van der Waals surface area contributed by atoms with Gasteiger partial charge in [-0.15, -0.1) is 0 Å². The van der Waals surface area contributed by atoms with E-state index in [4.69, 9.17) is 4.42 Å². The molecule has 2 rings (SSSR count). The molecule has 0 unspecified atom stereocenters. The molecule has 0 aromatic carbocycles. The standard InChI is InChI=1S/C10H9BrN2O/c11-9-4-1-5-12-10(9)13-7-8-3-2-6-14-8/h1-6H,7H2,(H,12,13). The smallest absolute Gasteiger partial charge is 0.140 e. The number of hydrogen-bond acceptors (Lipinski definition) is 3. The first-order valence-electron chi connectivity index (χ1n) is 4.23. The van der Waals surface area contributed by atoms with Crippen LogP contribution in [0, 0.1) is 0 Å². The molecule has 0 amide bonds. The van der Waals surface area contributed by atoms with Crippen molar-refractivity contribution < 1.29 is 4.42 Å². The van der Waals surface area contributed by atoms with E-state index in [1.807, 2.05) is 24.3 Å². The quantitative estimate of drug-likeness (QED) is 0.913. The van der Waals surface area contributed by atoms with Gasteiger partial charge in [-0.1, -0.05) is 0 Å². The zero-order chi connectivity index (χ0) is 9.80. The first-order chi connectivity index (χ1) is 6.86. The van der Waals surface area contributed by atoms with Gasteiger partial charge in [-0.25, -0.2) is 4.98 Å². The van der Waals surface area contributed by atoms with Crippen LogP contribution < -0.4 is 5.32 Å². The van der Waals surface area contributed by atoms with E-state index >= 15 is 0 Å². The Bertz CT molecular complexity index is 400. The normalized spacial score (nSPS) is 10.1. The van der Waals surface area contributed by atoms with Crippen molar-refractivity contribution in [3.8, 4) is 0 Å². The second-order valence-corrected chi connectivity index (χ2v) is 3.62. The van der Waals surface area contributed by atoms with Crippen LogP contribution in [-0.4, -0.2) is 4.98 Å². The Kier molecular flexibility index (Phi) is 2.84.